The normalized spacial score (nSPS) is 19.0. The molecule has 2 aromatic carbocycles. The number of nitrogens with zero attached hydrogens (tertiary/aromatic N) is 2. The van der Waals surface area contributed by atoms with Crippen LogP contribution in [-0.4, -0.2) is 30.4 Å². The van der Waals surface area contributed by atoms with Crippen LogP contribution < -0.4 is 4.90 Å². The maximum Gasteiger partial charge on any atom is 0.289 e. The first-order chi connectivity index (χ1) is 14.0. The Labute approximate surface area is 184 Å². The summed E-state index contributed by atoms with van der Waals surface area (Å²) in [4.78, 5) is 17.0. The van der Waals surface area contributed by atoms with Gasteiger partial charge >= 0.3 is 0 Å². The lowest BCUT2D eigenvalue weighted by Gasteiger charge is -2.43. The van der Waals surface area contributed by atoms with Crippen LogP contribution in [0.25, 0.3) is 0 Å². The standard InChI is InChI=1S/C22H19Cl3N2O2/c23-16-6-4-15(5-7-16)20-14-26(22(28)21-3-1-2-12-29-21)10-11-27(20)19-9-8-17(24)13-18(19)25/h2-9,12-13,20H,1,10-11,14H2. The van der Waals surface area contributed by atoms with Crippen molar-refractivity contribution in [3.63, 3.8) is 0 Å². The van der Waals surface area contributed by atoms with Gasteiger partial charge in [0.25, 0.3) is 5.91 Å². The van der Waals surface area contributed by atoms with Crippen LogP contribution in [0.2, 0.25) is 15.1 Å². The van der Waals surface area contributed by atoms with E-state index in [1.54, 1.807) is 12.3 Å². The van der Waals surface area contributed by atoms with Crippen LogP contribution in [0, 0.1) is 0 Å². The number of carbonyl (C=O) groups excluding carboxylic acids is 1. The first-order valence-electron chi connectivity index (χ1n) is 9.31. The Kier molecular flexibility index (Phi) is 6.04. The van der Waals surface area contributed by atoms with Gasteiger partial charge in [-0.3, -0.25) is 4.79 Å². The van der Waals surface area contributed by atoms with Crippen molar-refractivity contribution in [3.05, 3.63) is 87.3 Å². The second kappa shape index (κ2) is 8.70. The second-order valence-corrected chi connectivity index (χ2v) is 8.18. The minimum absolute atomic E-state index is 0.0802. The lowest BCUT2D eigenvalue weighted by atomic mass is 10.0. The molecule has 0 bridgehead atoms. The molecule has 0 aliphatic carbocycles. The molecule has 0 radical (unpaired) electrons. The van der Waals surface area contributed by atoms with Gasteiger partial charge in [-0.05, 0) is 54.5 Å². The van der Waals surface area contributed by atoms with E-state index in [1.807, 2.05) is 53.5 Å². The third-order valence-corrected chi connectivity index (χ3v) is 5.87. The molecule has 1 amide bonds. The van der Waals surface area contributed by atoms with Gasteiger partial charge in [-0.2, -0.15) is 0 Å². The molecular weight excluding hydrogens is 431 g/mol. The summed E-state index contributed by atoms with van der Waals surface area (Å²) in [5.41, 5.74) is 1.94. The van der Waals surface area contributed by atoms with Crippen molar-refractivity contribution in [2.24, 2.45) is 0 Å². The van der Waals surface area contributed by atoms with Gasteiger partial charge in [0.2, 0.25) is 0 Å². The predicted octanol–water partition coefficient (Wildman–Crippen LogP) is 5.85. The fourth-order valence-corrected chi connectivity index (χ4v) is 4.28. The summed E-state index contributed by atoms with van der Waals surface area (Å²) in [5.74, 6) is 0.274. The number of hydrogen-bond acceptors (Lipinski definition) is 3. The highest BCUT2D eigenvalue weighted by atomic mass is 35.5. The number of allylic oxidation sites excluding steroid dienone is 2. The minimum atomic E-state index is -0.102. The molecule has 0 saturated carbocycles. The number of benzene rings is 2. The van der Waals surface area contributed by atoms with E-state index in [1.165, 1.54) is 0 Å². The van der Waals surface area contributed by atoms with Crippen molar-refractivity contribution in [2.45, 2.75) is 12.5 Å². The highest BCUT2D eigenvalue weighted by molar-refractivity contribution is 6.36. The lowest BCUT2D eigenvalue weighted by Crippen LogP contribution is -2.51. The molecule has 2 aliphatic heterocycles. The van der Waals surface area contributed by atoms with Gasteiger partial charge in [0.05, 0.1) is 23.0 Å². The zero-order valence-corrected chi connectivity index (χ0v) is 17.8. The molecular formula is C22H19Cl3N2O2. The maximum absolute atomic E-state index is 13.0. The zero-order chi connectivity index (χ0) is 20.4. The van der Waals surface area contributed by atoms with Crippen LogP contribution >= 0.6 is 34.8 Å². The molecule has 1 atom stereocenters. The van der Waals surface area contributed by atoms with E-state index in [0.717, 1.165) is 11.3 Å². The number of amides is 1. The van der Waals surface area contributed by atoms with Crippen LogP contribution in [0.4, 0.5) is 5.69 Å². The largest absolute Gasteiger partial charge is 0.460 e. The summed E-state index contributed by atoms with van der Waals surface area (Å²) in [7, 11) is 0. The van der Waals surface area contributed by atoms with E-state index in [4.69, 9.17) is 39.5 Å². The Morgan fingerprint density at radius 1 is 1.00 bits per heavy atom. The Morgan fingerprint density at radius 3 is 2.45 bits per heavy atom. The van der Waals surface area contributed by atoms with E-state index >= 15 is 0 Å². The van der Waals surface area contributed by atoms with Crippen molar-refractivity contribution in [2.75, 3.05) is 24.5 Å². The molecule has 1 fully saturated rings. The molecule has 150 valence electrons. The Morgan fingerprint density at radius 2 is 1.76 bits per heavy atom. The average Bonchev–Trinajstić information content (AvgIpc) is 2.74. The molecule has 1 saturated heterocycles. The van der Waals surface area contributed by atoms with Gasteiger partial charge in [0, 0.05) is 29.7 Å². The highest BCUT2D eigenvalue weighted by Crippen LogP contribution is 2.37. The smallest absolute Gasteiger partial charge is 0.289 e. The number of carbonyl (C=O) groups is 1. The fourth-order valence-electron chi connectivity index (χ4n) is 3.63. The Bertz CT molecular complexity index is 973. The van der Waals surface area contributed by atoms with Gasteiger partial charge in [-0.1, -0.05) is 46.9 Å². The predicted molar refractivity (Wildman–Crippen MR) is 118 cm³/mol. The third kappa shape index (κ3) is 4.40. The van der Waals surface area contributed by atoms with Crippen molar-refractivity contribution in [3.8, 4) is 0 Å². The van der Waals surface area contributed by atoms with E-state index < -0.39 is 0 Å². The van der Waals surface area contributed by atoms with Gasteiger partial charge in [0.1, 0.15) is 0 Å². The van der Waals surface area contributed by atoms with Crippen LogP contribution in [-0.2, 0) is 9.53 Å². The molecule has 1 unspecified atom stereocenters. The van der Waals surface area contributed by atoms with Crippen LogP contribution in [0.5, 0.6) is 0 Å². The van der Waals surface area contributed by atoms with Gasteiger partial charge in [-0.25, -0.2) is 0 Å². The molecule has 0 N–H and O–H groups in total. The van der Waals surface area contributed by atoms with Gasteiger partial charge in [-0.15, -0.1) is 0 Å². The molecule has 2 aliphatic rings. The van der Waals surface area contributed by atoms with Crippen LogP contribution in [0.15, 0.2) is 66.6 Å². The van der Waals surface area contributed by atoms with E-state index in [-0.39, 0.29) is 11.9 Å². The quantitative estimate of drug-likeness (QED) is 0.589. The van der Waals surface area contributed by atoms with Crippen molar-refractivity contribution < 1.29 is 9.53 Å². The third-order valence-electron chi connectivity index (χ3n) is 5.08. The minimum Gasteiger partial charge on any atom is -0.460 e. The number of halogens is 3. The van der Waals surface area contributed by atoms with Crippen LogP contribution in [0.3, 0.4) is 0 Å². The first kappa shape index (κ1) is 20.1. The summed E-state index contributed by atoms with van der Waals surface area (Å²) in [6, 6.07) is 13.1. The van der Waals surface area contributed by atoms with Crippen molar-refractivity contribution in [1.29, 1.82) is 0 Å². The van der Waals surface area contributed by atoms with Gasteiger partial charge < -0.3 is 14.5 Å². The van der Waals surface area contributed by atoms with E-state index in [2.05, 4.69) is 4.90 Å². The Balaban J connectivity index is 1.65. The Hall–Kier alpha value is -2.14. The summed E-state index contributed by atoms with van der Waals surface area (Å²) in [5, 5.41) is 1.84. The lowest BCUT2D eigenvalue weighted by molar-refractivity contribution is -0.130. The molecule has 4 rings (SSSR count). The van der Waals surface area contributed by atoms with Crippen molar-refractivity contribution in [1.82, 2.24) is 4.90 Å². The average molecular weight is 450 g/mol. The van der Waals surface area contributed by atoms with Gasteiger partial charge in [0.15, 0.2) is 5.76 Å². The molecule has 4 nitrogen and oxygen atoms in total. The number of ether oxygens (including phenoxy) is 1. The molecule has 29 heavy (non-hydrogen) atoms. The number of rotatable bonds is 3. The molecule has 7 heteroatoms. The monoisotopic (exact) mass is 448 g/mol. The number of piperazine rings is 1. The van der Waals surface area contributed by atoms with E-state index in [9.17, 15) is 4.79 Å². The summed E-state index contributed by atoms with van der Waals surface area (Å²) in [6.07, 6.45) is 5.94. The molecule has 2 heterocycles. The number of hydrogen-bond donors (Lipinski definition) is 0. The summed E-state index contributed by atoms with van der Waals surface area (Å²) < 4.78 is 5.42. The highest BCUT2D eigenvalue weighted by Gasteiger charge is 2.33. The molecule has 0 spiro atoms. The maximum atomic E-state index is 13.0. The topological polar surface area (TPSA) is 32.8 Å². The van der Waals surface area contributed by atoms with E-state index in [0.29, 0.717) is 46.9 Å². The molecule has 0 aromatic heterocycles. The molecule has 2 aromatic rings. The summed E-state index contributed by atoms with van der Waals surface area (Å²) >= 11 is 18.7. The van der Waals surface area contributed by atoms with Crippen LogP contribution in [0.1, 0.15) is 18.0 Å². The second-order valence-electron chi connectivity index (χ2n) is 6.90. The fraction of sp³-hybridized carbons (Fsp3) is 0.227. The first-order valence-corrected chi connectivity index (χ1v) is 10.4. The summed E-state index contributed by atoms with van der Waals surface area (Å²) in [6.45, 7) is 1.69. The van der Waals surface area contributed by atoms with Crippen molar-refractivity contribution >= 4 is 46.4 Å². The zero-order valence-electron chi connectivity index (χ0n) is 15.5. The SMILES string of the molecule is O=C(C1=CCC=CO1)N1CCN(c2ccc(Cl)cc2Cl)C(c2ccc(Cl)cc2)C1. The number of anilines is 1.